The normalized spacial score (nSPS) is 13.3. The molecule has 0 spiro atoms. The molecule has 120 valence electrons. The maximum absolute atomic E-state index is 12.6. The third-order valence-electron chi connectivity index (χ3n) is 4.35. The molecular weight excluding hydrogens is 290 g/mol. The Balaban J connectivity index is 2.16. The Morgan fingerprint density at radius 2 is 1.91 bits per heavy atom. The van der Waals surface area contributed by atoms with Gasteiger partial charge in [-0.1, -0.05) is 26.0 Å². The number of aromatic carboxylic acids is 1. The van der Waals surface area contributed by atoms with Gasteiger partial charge in [-0.3, -0.25) is 4.79 Å². The lowest BCUT2D eigenvalue weighted by Gasteiger charge is -2.16. The fourth-order valence-corrected chi connectivity index (χ4v) is 3.27. The molecule has 0 atom stereocenters. The summed E-state index contributed by atoms with van der Waals surface area (Å²) in [6.45, 7) is 4.55. The summed E-state index contributed by atoms with van der Waals surface area (Å²) in [6, 6.07) is 9.49. The van der Waals surface area contributed by atoms with E-state index in [1.165, 1.54) is 23.6 Å². The van der Waals surface area contributed by atoms with Crippen LogP contribution in [0.25, 0.3) is 11.3 Å². The topological polar surface area (TPSA) is 59.3 Å². The third kappa shape index (κ3) is 2.93. The van der Waals surface area contributed by atoms with E-state index in [2.05, 4.69) is 12.1 Å². The minimum absolute atomic E-state index is 0.171. The van der Waals surface area contributed by atoms with Crippen LogP contribution in [0.15, 0.2) is 35.1 Å². The van der Waals surface area contributed by atoms with Gasteiger partial charge in [-0.2, -0.15) is 0 Å². The van der Waals surface area contributed by atoms with Gasteiger partial charge >= 0.3 is 5.97 Å². The van der Waals surface area contributed by atoms with E-state index in [0.717, 1.165) is 24.1 Å². The number of pyridine rings is 1. The van der Waals surface area contributed by atoms with E-state index in [1.807, 2.05) is 19.9 Å². The first-order chi connectivity index (χ1) is 11.0. The zero-order chi connectivity index (χ0) is 16.6. The van der Waals surface area contributed by atoms with Crippen LogP contribution in [0.2, 0.25) is 0 Å². The van der Waals surface area contributed by atoms with Crippen LogP contribution in [0, 0.1) is 5.92 Å². The fourth-order valence-electron chi connectivity index (χ4n) is 3.27. The van der Waals surface area contributed by atoms with Crippen LogP contribution in [-0.2, 0) is 19.4 Å². The van der Waals surface area contributed by atoms with E-state index in [4.69, 9.17) is 0 Å². The monoisotopic (exact) mass is 311 g/mol. The Hall–Kier alpha value is -2.36. The molecule has 0 radical (unpaired) electrons. The van der Waals surface area contributed by atoms with Crippen molar-refractivity contribution in [3.63, 3.8) is 0 Å². The SMILES string of the molecule is CC(C)Cn1c(-c2ccc3c(c2)CCC3)ccc(C(=O)O)c1=O. The van der Waals surface area contributed by atoms with Crippen molar-refractivity contribution in [1.82, 2.24) is 4.57 Å². The minimum atomic E-state index is -1.17. The average Bonchev–Trinajstić information content (AvgIpc) is 2.95. The van der Waals surface area contributed by atoms with Crippen LogP contribution in [0.1, 0.15) is 41.8 Å². The second kappa shape index (κ2) is 6.03. The molecule has 0 amide bonds. The van der Waals surface area contributed by atoms with Crippen LogP contribution in [0.4, 0.5) is 0 Å². The Morgan fingerprint density at radius 3 is 2.61 bits per heavy atom. The number of benzene rings is 1. The highest BCUT2D eigenvalue weighted by molar-refractivity contribution is 5.87. The Labute approximate surface area is 135 Å². The molecule has 1 heterocycles. The Morgan fingerprint density at radius 1 is 1.17 bits per heavy atom. The first kappa shape index (κ1) is 15.5. The molecule has 0 bridgehead atoms. The number of rotatable bonds is 4. The number of fused-ring (bicyclic) bond motifs is 1. The van der Waals surface area contributed by atoms with Crippen LogP contribution >= 0.6 is 0 Å². The molecule has 1 aromatic heterocycles. The number of hydrogen-bond donors (Lipinski definition) is 1. The van der Waals surface area contributed by atoms with Gasteiger partial charge in [0.2, 0.25) is 0 Å². The zero-order valence-corrected chi connectivity index (χ0v) is 13.5. The van der Waals surface area contributed by atoms with E-state index >= 15 is 0 Å². The van der Waals surface area contributed by atoms with E-state index in [0.29, 0.717) is 6.54 Å². The second-order valence-electron chi connectivity index (χ2n) is 6.58. The molecule has 1 aromatic carbocycles. The number of aromatic nitrogens is 1. The maximum Gasteiger partial charge on any atom is 0.341 e. The molecule has 1 N–H and O–H groups in total. The van der Waals surface area contributed by atoms with Gasteiger partial charge in [0.25, 0.3) is 5.56 Å². The molecule has 23 heavy (non-hydrogen) atoms. The highest BCUT2D eigenvalue weighted by Gasteiger charge is 2.17. The molecule has 0 fully saturated rings. The summed E-state index contributed by atoms with van der Waals surface area (Å²) in [4.78, 5) is 23.8. The van der Waals surface area contributed by atoms with Gasteiger partial charge in [0, 0.05) is 6.54 Å². The van der Waals surface area contributed by atoms with Gasteiger partial charge in [-0.25, -0.2) is 4.79 Å². The van der Waals surface area contributed by atoms with Gasteiger partial charge in [-0.15, -0.1) is 0 Å². The summed E-state index contributed by atoms with van der Waals surface area (Å²) in [5.74, 6) is -0.919. The number of nitrogens with zero attached hydrogens (tertiary/aromatic N) is 1. The molecule has 1 aliphatic carbocycles. The zero-order valence-electron chi connectivity index (χ0n) is 13.5. The first-order valence-electron chi connectivity index (χ1n) is 8.06. The van der Waals surface area contributed by atoms with Crippen molar-refractivity contribution in [3.05, 3.63) is 57.4 Å². The quantitative estimate of drug-likeness (QED) is 0.942. The predicted octanol–water partition coefficient (Wildman–Crippen LogP) is 3.36. The van der Waals surface area contributed by atoms with Crippen molar-refractivity contribution in [2.75, 3.05) is 0 Å². The summed E-state index contributed by atoms with van der Waals surface area (Å²) < 4.78 is 1.60. The maximum atomic E-state index is 12.6. The number of hydrogen-bond acceptors (Lipinski definition) is 2. The van der Waals surface area contributed by atoms with Crippen LogP contribution in [0.5, 0.6) is 0 Å². The van der Waals surface area contributed by atoms with Crippen LogP contribution in [-0.4, -0.2) is 15.6 Å². The van der Waals surface area contributed by atoms with Gasteiger partial charge in [0.15, 0.2) is 0 Å². The molecular formula is C19H21NO3. The van der Waals surface area contributed by atoms with Crippen LogP contribution < -0.4 is 5.56 Å². The molecule has 4 heteroatoms. The standard InChI is InChI=1S/C19H21NO3/c1-12(2)11-20-17(9-8-16(18(20)21)19(22)23)15-7-6-13-4-3-5-14(13)10-15/h6-10,12H,3-5,11H2,1-2H3,(H,22,23). The molecule has 1 aliphatic rings. The van der Waals surface area contributed by atoms with Gasteiger partial charge in [0.05, 0.1) is 5.69 Å². The lowest BCUT2D eigenvalue weighted by molar-refractivity contribution is 0.0694. The summed E-state index contributed by atoms with van der Waals surface area (Å²) in [7, 11) is 0. The average molecular weight is 311 g/mol. The van der Waals surface area contributed by atoms with E-state index < -0.39 is 11.5 Å². The van der Waals surface area contributed by atoms with E-state index in [9.17, 15) is 14.7 Å². The van der Waals surface area contributed by atoms with Crippen molar-refractivity contribution >= 4 is 5.97 Å². The number of carboxylic acid groups (broad SMARTS) is 1. The molecule has 0 saturated carbocycles. The van der Waals surface area contributed by atoms with Crippen molar-refractivity contribution in [2.45, 2.75) is 39.7 Å². The number of carboxylic acids is 1. The highest BCUT2D eigenvalue weighted by Crippen LogP contribution is 2.28. The lowest BCUT2D eigenvalue weighted by Crippen LogP contribution is -2.29. The van der Waals surface area contributed by atoms with Crippen molar-refractivity contribution in [2.24, 2.45) is 5.92 Å². The molecule has 4 nitrogen and oxygen atoms in total. The van der Waals surface area contributed by atoms with Gasteiger partial charge in [0.1, 0.15) is 5.56 Å². The molecule has 3 rings (SSSR count). The van der Waals surface area contributed by atoms with E-state index in [1.54, 1.807) is 10.6 Å². The predicted molar refractivity (Wildman–Crippen MR) is 90.0 cm³/mol. The number of carbonyl (C=O) groups is 1. The van der Waals surface area contributed by atoms with Crippen molar-refractivity contribution < 1.29 is 9.90 Å². The molecule has 0 unspecified atom stereocenters. The fraction of sp³-hybridized carbons (Fsp3) is 0.368. The van der Waals surface area contributed by atoms with Crippen LogP contribution in [0.3, 0.4) is 0 Å². The smallest absolute Gasteiger partial charge is 0.341 e. The largest absolute Gasteiger partial charge is 0.477 e. The van der Waals surface area contributed by atoms with Crippen molar-refractivity contribution in [1.29, 1.82) is 0 Å². The lowest BCUT2D eigenvalue weighted by atomic mass is 10.0. The third-order valence-corrected chi connectivity index (χ3v) is 4.35. The first-order valence-corrected chi connectivity index (χ1v) is 8.06. The highest BCUT2D eigenvalue weighted by atomic mass is 16.4. The summed E-state index contributed by atoms with van der Waals surface area (Å²) in [5.41, 5.74) is 3.91. The molecule has 2 aromatic rings. The molecule has 0 aliphatic heterocycles. The van der Waals surface area contributed by atoms with E-state index in [-0.39, 0.29) is 11.5 Å². The van der Waals surface area contributed by atoms with Crippen molar-refractivity contribution in [3.8, 4) is 11.3 Å². The minimum Gasteiger partial charge on any atom is -0.477 e. The Kier molecular flexibility index (Phi) is 4.07. The number of aryl methyl sites for hydroxylation is 2. The summed E-state index contributed by atoms with van der Waals surface area (Å²) in [5, 5.41) is 9.20. The van der Waals surface area contributed by atoms with Gasteiger partial charge in [-0.05, 0) is 60.1 Å². The Bertz CT molecular complexity index is 818. The second-order valence-corrected chi connectivity index (χ2v) is 6.58. The van der Waals surface area contributed by atoms with Gasteiger partial charge < -0.3 is 9.67 Å². The summed E-state index contributed by atoms with van der Waals surface area (Å²) in [6.07, 6.45) is 3.37. The summed E-state index contributed by atoms with van der Waals surface area (Å²) >= 11 is 0. The molecule has 0 saturated heterocycles.